The second kappa shape index (κ2) is 3.71. The van der Waals surface area contributed by atoms with Crippen molar-refractivity contribution in [2.45, 2.75) is 18.9 Å². The molecule has 0 aromatic carbocycles. The van der Waals surface area contributed by atoms with Gasteiger partial charge in [-0.1, -0.05) is 5.16 Å². The van der Waals surface area contributed by atoms with Gasteiger partial charge in [-0.2, -0.15) is 4.98 Å². The van der Waals surface area contributed by atoms with E-state index in [1.54, 1.807) is 6.20 Å². The maximum atomic E-state index is 5.76. The van der Waals surface area contributed by atoms with E-state index in [-0.39, 0.29) is 0 Å². The van der Waals surface area contributed by atoms with Crippen molar-refractivity contribution in [3.8, 4) is 0 Å². The average molecular weight is 219 g/mol. The van der Waals surface area contributed by atoms with Crippen molar-refractivity contribution in [2.75, 3.05) is 18.0 Å². The van der Waals surface area contributed by atoms with E-state index in [4.69, 9.17) is 10.3 Å². The second-order valence-electron chi connectivity index (χ2n) is 3.97. The number of hydrogen-bond donors (Lipinski definition) is 1. The molecule has 1 atom stereocenters. The van der Waals surface area contributed by atoms with Crippen LogP contribution in [0.15, 0.2) is 17.0 Å². The summed E-state index contributed by atoms with van der Waals surface area (Å²) >= 11 is 0. The first-order valence-electron chi connectivity index (χ1n) is 5.42. The van der Waals surface area contributed by atoms with Gasteiger partial charge in [0.15, 0.2) is 0 Å². The van der Waals surface area contributed by atoms with Crippen LogP contribution in [-0.2, 0) is 0 Å². The summed E-state index contributed by atoms with van der Waals surface area (Å²) in [5.74, 6) is 0.888. The second-order valence-corrected chi connectivity index (χ2v) is 3.97. The zero-order valence-electron chi connectivity index (χ0n) is 8.83. The largest absolute Gasteiger partial charge is 0.352 e. The zero-order chi connectivity index (χ0) is 11.0. The van der Waals surface area contributed by atoms with Gasteiger partial charge >= 0.3 is 0 Å². The fraction of sp³-hybridized carbons (Fsp3) is 0.500. The van der Waals surface area contributed by atoms with Gasteiger partial charge in [-0.15, -0.1) is 0 Å². The molecule has 2 N–H and O–H groups in total. The van der Waals surface area contributed by atoms with E-state index in [0.29, 0.717) is 18.3 Å². The highest BCUT2D eigenvalue weighted by atomic mass is 16.5. The normalized spacial score (nSPS) is 20.8. The minimum atomic E-state index is 0.369. The topological polar surface area (TPSA) is 81.1 Å². The van der Waals surface area contributed by atoms with Gasteiger partial charge < -0.3 is 15.2 Å². The fourth-order valence-corrected chi connectivity index (χ4v) is 2.27. The molecule has 16 heavy (non-hydrogen) atoms. The fourth-order valence-electron chi connectivity index (χ4n) is 2.27. The van der Waals surface area contributed by atoms with Crippen LogP contribution in [0.2, 0.25) is 0 Å². The number of anilines is 1. The maximum absolute atomic E-state index is 5.76. The van der Waals surface area contributed by atoms with Crippen LogP contribution in [0, 0.1) is 0 Å². The Balaban J connectivity index is 2.07. The minimum Gasteiger partial charge on any atom is -0.352 e. The van der Waals surface area contributed by atoms with Crippen LogP contribution in [0.5, 0.6) is 0 Å². The van der Waals surface area contributed by atoms with E-state index < -0.39 is 0 Å². The van der Waals surface area contributed by atoms with E-state index in [9.17, 15) is 0 Å². The molecular weight excluding hydrogens is 206 g/mol. The standard InChI is InChI=1S/C10H13N5O/c11-4-7-2-1-3-15(7)9-8-5-14-16-10(8)13-6-12-9/h5-7H,1-4,11H2. The van der Waals surface area contributed by atoms with Crippen LogP contribution < -0.4 is 10.6 Å². The first kappa shape index (κ1) is 9.53. The van der Waals surface area contributed by atoms with Crippen molar-refractivity contribution in [3.63, 3.8) is 0 Å². The third-order valence-corrected chi connectivity index (χ3v) is 3.07. The van der Waals surface area contributed by atoms with Crippen LogP contribution in [0.3, 0.4) is 0 Å². The summed E-state index contributed by atoms with van der Waals surface area (Å²) in [6, 6.07) is 0.369. The third kappa shape index (κ3) is 1.34. The molecule has 2 aromatic heterocycles. The lowest BCUT2D eigenvalue weighted by Crippen LogP contribution is -2.36. The van der Waals surface area contributed by atoms with Crippen molar-refractivity contribution in [2.24, 2.45) is 5.73 Å². The first-order chi connectivity index (χ1) is 7.90. The van der Waals surface area contributed by atoms with E-state index in [1.165, 1.54) is 6.33 Å². The van der Waals surface area contributed by atoms with Crippen LogP contribution in [0.4, 0.5) is 5.82 Å². The molecule has 84 valence electrons. The average Bonchev–Trinajstić information content (AvgIpc) is 2.96. The molecular formula is C10H13N5O. The predicted molar refractivity (Wildman–Crippen MR) is 59.0 cm³/mol. The molecule has 0 bridgehead atoms. The van der Waals surface area contributed by atoms with Crippen molar-refractivity contribution >= 4 is 16.9 Å². The Morgan fingerprint density at radius 2 is 2.44 bits per heavy atom. The van der Waals surface area contributed by atoms with Gasteiger partial charge in [0.25, 0.3) is 5.71 Å². The first-order valence-corrected chi connectivity index (χ1v) is 5.42. The Bertz CT molecular complexity index is 497. The van der Waals surface area contributed by atoms with E-state index in [0.717, 1.165) is 30.6 Å². The lowest BCUT2D eigenvalue weighted by Gasteiger charge is -2.24. The highest BCUT2D eigenvalue weighted by Crippen LogP contribution is 2.28. The minimum absolute atomic E-state index is 0.369. The Labute approximate surface area is 92.4 Å². The molecule has 1 saturated heterocycles. The summed E-state index contributed by atoms with van der Waals surface area (Å²) < 4.78 is 5.03. The number of nitrogens with zero attached hydrogens (tertiary/aromatic N) is 4. The molecule has 1 fully saturated rings. The molecule has 3 heterocycles. The maximum Gasteiger partial charge on any atom is 0.262 e. The Kier molecular flexibility index (Phi) is 2.21. The molecule has 0 aliphatic carbocycles. The van der Waals surface area contributed by atoms with Crippen LogP contribution in [-0.4, -0.2) is 34.3 Å². The molecule has 1 aliphatic heterocycles. The number of fused-ring (bicyclic) bond motifs is 1. The number of rotatable bonds is 2. The van der Waals surface area contributed by atoms with Gasteiger partial charge in [0, 0.05) is 19.1 Å². The van der Waals surface area contributed by atoms with Gasteiger partial charge in [0.05, 0.1) is 6.20 Å². The highest BCUT2D eigenvalue weighted by molar-refractivity contribution is 5.85. The molecule has 1 unspecified atom stereocenters. The predicted octanol–water partition coefficient (Wildman–Crippen LogP) is 0.545. The van der Waals surface area contributed by atoms with Gasteiger partial charge in [0.1, 0.15) is 17.5 Å². The van der Waals surface area contributed by atoms with Crippen molar-refractivity contribution in [1.29, 1.82) is 0 Å². The Hall–Kier alpha value is -1.69. The lowest BCUT2D eigenvalue weighted by atomic mass is 10.2. The van der Waals surface area contributed by atoms with Crippen LogP contribution in [0.25, 0.3) is 11.1 Å². The molecule has 3 rings (SSSR count). The quantitative estimate of drug-likeness (QED) is 0.794. The highest BCUT2D eigenvalue weighted by Gasteiger charge is 2.26. The monoisotopic (exact) mass is 219 g/mol. The molecule has 0 saturated carbocycles. The summed E-state index contributed by atoms with van der Waals surface area (Å²) in [6.07, 6.45) is 5.44. The van der Waals surface area contributed by atoms with E-state index >= 15 is 0 Å². The van der Waals surface area contributed by atoms with Gasteiger partial charge in [0.2, 0.25) is 0 Å². The molecule has 6 heteroatoms. The van der Waals surface area contributed by atoms with Crippen molar-refractivity contribution in [3.05, 3.63) is 12.5 Å². The Morgan fingerprint density at radius 3 is 3.31 bits per heavy atom. The van der Waals surface area contributed by atoms with Crippen molar-refractivity contribution in [1.82, 2.24) is 15.1 Å². The third-order valence-electron chi connectivity index (χ3n) is 3.07. The van der Waals surface area contributed by atoms with Crippen molar-refractivity contribution < 1.29 is 4.52 Å². The zero-order valence-corrected chi connectivity index (χ0v) is 8.83. The van der Waals surface area contributed by atoms with Gasteiger partial charge in [-0.3, -0.25) is 0 Å². The number of aromatic nitrogens is 3. The molecule has 1 aliphatic rings. The number of nitrogens with two attached hydrogens (primary N) is 1. The summed E-state index contributed by atoms with van der Waals surface area (Å²) in [7, 11) is 0. The summed E-state index contributed by atoms with van der Waals surface area (Å²) in [5.41, 5.74) is 6.29. The van der Waals surface area contributed by atoms with Crippen LogP contribution >= 0.6 is 0 Å². The van der Waals surface area contributed by atoms with Crippen LogP contribution in [0.1, 0.15) is 12.8 Å². The van der Waals surface area contributed by atoms with E-state index in [2.05, 4.69) is 20.0 Å². The SMILES string of the molecule is NCC1CCCN1c1ncnc2oncc12. The van der Waals surface area contributed by atoms with E-state index in [1.807, 2.05) is 0 Å². The number of hydrogen-bond acceptors (Lipinski definition) is 6. The molecule has 0 spiro atoms. The smallest absolute Gasteiger partial charge is 0.262 e. The molecule has 0 amide bonds. The summed E-state index contributed by atoms with van der Waals surface area (Å²) in [5, 5.41) is 4.61. The van der Waals surface area contributed by atoms with Gasteiger partial charge in [-0.25, -0.2) is 4.98 Å². The van der Waals surface area contributed by atoms with Gasteiger partial charge in [-0.05, 0) is 12.8 Å². The summed E-state index contributed by atoms with van der Waals surface area (Å²) in [6.45, 7) is 1.63. The molecule has 2 aromatic rings. The Morgan fingerprint density at radius 1 is 1.50 bits per heavy atom. The molecule has 6 nitrogen and oxygen atoms in total. The molecule has 0 radical (unpaired) electrons. The lowest BCUT2D eigenvalue weighted by molar-refractivity contribution is 0.448. The summed E-state index contributed by atoms with van der Waals surface area (Å²) in [4.78, 5) is 10.6.